The number of hydrogen-bond acceptors (Lipinski definition) is 4. The van der Waals surface area contributed by atoms with E-state index in [4.69, 9.17) is 4.74 Å². The third-order valence-corrected chi connectivity index (χ3v) is 4.20. The molecule has 1 heterocycles. The molecule has 88 valence electrons. The van der Waals surface area contributed by atoms with Crippen molar-refractivity contribution in [3.8, 4) is 0 Å². The van der Waals surface area contributed by atoms with Gasteiger partial charge in [-0.3, -0.25) is 4.79 Å². The Morgan fingerprint density at radius 2 is 1.93 bits per heavy atom. The average molecular weight is 235 g/mol. The van der Waals surface area contributed by atoms with E-state index in [9.17, 15) is 13.2 Å². The molecule has 0 N–H and O–H groups in total. The zero-order valence-corrected chi connectivity index (χ0v) is 9.75. The lowest BCUT2D eigenvalue weighted by molar-refractivity contribution is -0.120. The Morgan fingerprint density at radius 1 is 1.33 bits per heavy atom. The minimum atomic E-state index is -3.22. The van der Waals surface area contributed by atoms with E-state index in [0.717, 1.165) is 0 Å². The first kappa shape index (κ1) is 12.6. The fraction of sp³-hybridized carbons (Fsp3) is 0.889. The Labute approximate surface area is 90.4 Å². The Bertz CT molecular complexity index is 302. The summed E-state index contributed by atoms with van der Waals surface area (Å²) in [6.07, 6.45) is 0.682. The molecule has 1 saturated heterocycles. The summed E-state index contributed by atoms with van der Waals surface area (Å²) in [7, 11) is -3.22. The van der Waals surface area contributed by atoms with E-state index in [0.29, 0.717) is 32.5 Å². The van der Waals surface area contributed by atoms with Crippen molar-refractivity contribution in [2.24, 2.45) is 0 Å². The predicted octanol–water partition coefficient (Wildman–Crippen LogP) is 0.0176. The lowest BCUT2D eigenvalue weighted by Crippen LogP contribution is -2.40. The smallest absolute Gasteiger partial charge is 0.216 e. The maximum Gasteiger partial charge on any atom is 0.216 e. The van der Waals surface area contributed by atoms with Crippen molar-refractivity contribution in [3.05, 3.63) is 0 Å². The van der Waals surface area contributed by atoms with Crippen molar-refractivity contribution in [1.82, 2.24) is 4.31 Å². The van der Waals surface area contributed by atoms with Crippen molar-refractivity contribution in [3.63, 3.8) is 0 Å². The van der Waals surface area contributed by atoms with E-state index in [1.807, 2.05) is 6.92 Å². The first-order chi connectivity index (χ1) is 7.06. The van der Waals surface area contributed by atoms with Gasteiger partial charge >= 0.3 is 0 Å². The molecule has 0 bridgehead atoms. The van der Waals surface area contributed by atoms with E-state index in [-0.39, 0.29) is 18.1 Å². The van der Waals surface area contributed by atoms with Crippen molar-refractivity contribution < 1.29 is 17.9 Å². The van der Waals surface area contributed by atoms with E-state index in [2.05, 4.69) is 0 Å². The molecule has 0 aliphatic carbocycles. The van der Waals surface area contributed by atoms with Crippen LogP contribution in [-0.4, -0.2) is 50.6 Å². The second-order valence-corrected chi connectivity index (χ2v) is 5.54. The number of ketones is 1. The molecule has 0 unspecified atom stereocenters. The highest BCUT2D eigenvalue weighted by Gasteiger charge is 2.26. The van der Waals surface area contributed by atoms with Gasteiger partial charge < -0.3 is 4.74 Å². The quantitative estimate of drug-likeness (QED) is 0.630. The number of carbonyl (C=O) groups is 1. The third kappa shape index (κ3) is 3.89. The van der Waals surface area contributed by atoms with E-state index in [1.165, 1.54) is 4.31 Å². The zero-order valence-electron chi connectivity index (χ0n) is 8.94. The SMILES string of the molecule is CCOCCS(=O)(=O)N1CCC(=O)CC1. The van der Waals surface area contributed by atoms with Crippen LogP contribution < -0.4 is 0 Å². The Morgan fingerprint density at radius 3 is 2.47 bits per heavy atom. The van der Waals surface area contributed by atoms with E-state index in [1.54, 1.807) is 0 Å². The lowest BCUT2D eigenvalue weighted by Gasteiger charge is -2.25. The summed E-state index contributed by atoms with van der Waals surface area (Å²) in [5.74, 6) is 0.154. The summed E-state index contributed by atoms with van der Waals surface area (Å²) in [5.41, 5.74) is 0. The average Bonchev–Trinajstić information content (AvgIpc) is 2.18. The topological polar surface area (TPSA) is 63.7 Å². The van der Waals surface area contributed by atoms with Gasteiger partial charge in [0.2, 0.25) is 10.0 Å². The summed E-state index contributed by atoms with van der Waals surface area (Å²) in [4.78, 5) is 10.9. The molecule has 15 heavy (non-hydrogen) atoms. The molecule has 0 saturated carbocycles. The fourth-order valence-electron chi connectivity index (χ4n) is 1.45. The number of piperidine rings is 1. The van der Waals surface area contributed by atoms with Gasteiger partial charge in [-0.1, -0.05) is 0 Å². The number of sulfonamides is 1. The molecule has 1 fully saturated rings. The molecule has 0 spiro atoms. The standard InChI is InChI=1S/C9H17NO4S/c1-2-14-7-8-15(12,13)10-5-3-9(11)4-6-10/h2-8H2,1H3. The molecule has 0 aromatic heterocycles. The molecule has 0 aromatic rings. The Balaban J connectivity index is 2.43. The summed E-state index contributed by atoms with van der Waals surface area (Å²) in [5, 5.41) is 0. The molecule has 0 radical (unpaired) electrons. The molecule has 0 aromatic carbocycles. The number of nitrogens with zero attached hydrogens (tertiary/aromatic N) is 1. The van der Waals surface area contributed by atoms with Gasteiger partial charge in [0.25, 0.3) is 0 Å². The summed E-state index contributed by atoms with van der Waals surface area (Å²) >= 11 is 0. The highest BCUT2D eigenvalue weighted by Crippen LogP contribution is 2.11. The van der Waals surface area contributed by atoms with Crippen LogP contribution in [0.2, 0.25) is 0 Å². The first-order valence-corrected chi connectivity index (χ1v) is 6.74. The fourth-order valence-corrected chi connectivity index (χ4v) is 2.78. The number of carbonyl (C=O) groups excluding carboxylic acids is 1. The van der Waals surface area contributed by atoms with Crippen LogP contribution in [0.1, 0.15) is 19.8 Å². The van der Waals surface area contributed by atoms with Crippen LogP contribution in [0, 0.1) is 0 Å². The summed E-state index contributed by atoms with van der Waals surface area (Å²) in [6, 6.07) is 0. The lowest BCUT2D eigenvalue weighted by atomic mass is 10.1. The van der Waals surface area contributed by atoms with Crippen LogP contribution in [0.5, 0.6) is 0 Å². The van der Waals surface area contributed by atoms with E-state index >= 15 is 0 Å². The normalized spacial score (nSPS) is 19.4. The van der Waals surface area contributed by atoms with Gasteiger partial charge in [0.1, 0.15) is 5.78 Å². The zero-order chi connectivity index (χ0) is 11.3. The number of Topliss-reactive ketones (excluding diaryl/α,β-unsaturated/α-hetero) is 1. The van der Waals surface area contributed by atoms with Gasteiger partial charge in [0.05, 0.1) is 12.4 Å². The van der Waals surface area contributed by atoms with Gasteiger partial charge in [-0.05, 0) is 6.92 Å². The molecule has 5 nitrogen and oxygen atoms in total. The largest absolute Gasteiger partial charge is 0.381 e. The van der Waals surface area contributed by atoms with Gasteiger partial charge in [-0.25, -0.2) is 12.7 Å². The Kier molecular flexibility index (Phi) is 4.69. The highest BCUT2D eigenvalue weighted by atomic mass is 32.2. The van der Waals surface area contributed by atoms with Crippen LogP contribution in [0.25, 0.3) is 0 Å². The Hall–Kier alpha value is -0.460. The number of ether oxygens (including phenoxy) is 1. The number of hydrogen-bond donors (Lipinski definition) is 0. The molecule has 0 atom stereocenters. The third-order valence-electron chi connectivity index (χ3n) is 2.36. The van der Waals surface area contributed by atoms with Crippen LogP contribution >= 0.6 is 0 Å². The summed E-state index contributed by atoms with van der Waals surface area (Å²) < 4.78 is 29.8. The van der Waals surface area contributed by atoms with Gasteiger partial charge in [0, 0.05) is 32.5 Å². The first-order valence-electron chi connectivity index (χ1n) is 5.13. The summed E-state index contributed by atoms with van der Waals surface area (Å²) in [6.45, 7) is 3.23. The molecular weight excluding hydrogens is 218 g/mol. The van der Waals surface area contributed by atoms with Crippen molar-refractivity contribution >= 4 is 15.8 Å². The van der Waals surface area contributed by atoms with Crippen molar-refractivity contribution in [2.45, 2.75) is 19.8 Å². The molecular formula is C9H17NO4S. The molecule has 1 aliphatic rings. The van der Waals surface area contributed by atoms with E-state index < -0.39 is 10.0 Å². The molecule has 1 aliphatic heterocycles. The minimum absolute atomic E-state index is 0.00896. The number of rotatable bonds is 5. The van der Waals surface area contributed by atoms with Gasteiger partial charge in [-0.2, -0.15) is 0 Å². The maximum atomic E-state index is 11.7. The molecule has 6 heteroatoms. The monoisotopic (exact) mass is 235 g/mol. The highest BCUT2D eigenvalue weighted by molar-refractivity contribution is 7.89. The maximum absolute atomic E-state index is 11.7. The molecule has 0 amide bonds. The van der Waals surface area contributed by atoms with Crippen LogP contribution in [-0.2, 0) is 19.6 Å². The second kappa shape index (κ2) is 5.58. The predicted molar refractivity (Wildman–Crippen MR) is 56.1 cm³/mol. The minimum Gasteiger partial charge on any atom is -0.381 e. The molecule has 1 rings (SSSR count). The van der Waals surface area contributed by atoms with Gasteiger partial charge in [-0.15, -0.1) is 0 Å². The second-order valence-electron chi connectivity index (χ2n) is 3.45. The van der Waals surface area contributed by atoms with Crippen LogP contribution in [0.4, 0.5) is 0 Å². The van der Waals surface area contributed by atoms with Crippen molar-refractivity contribution in [2.75, 3.05) is 32.1 Å². The van der Waals surface area contributed by atoms with Crippen LogP contribution in [0.3, 0.4) is 0 Å². The van der Waals surface area contributed by atoms with Gasteiger partial charge in [0.15, 0.2) is 0 Å². The van der Waals surface area contributed by atoms with Crippen molar-refractivity contribution in [1.29, 1.82) is 0 Å². The van der Waals surface area contributed by atoms with Crippen LogP contribution in [0.15, 0.2) is 0 Å².